The summed E-state index contributed by atoms with van der Waals surface area (Å²) in [5.41, 5.74) is 0. The van der Waals surface area contributed by atoms with Crippen LogP contribution in [0.3, 0.4) is 0 Å². The zero-order valence-electron chi connectivity index (χ0n) is 6.76. The van der Waals surface area contributed by atoms with Crippen LogP contribution in [0, 0.1) is 5.92 Å². The molecule has 12 heavy (non-hydrogen) atoms. The quantitative estimate of drug-likeness (QED) is 0.521. The molecule has 2 nitrogen and oxygen atoms in total. The average molecular weight is 192 g/mol. The van der Waals surface area contributed by atoms with E-state index in [0.717, 1.165) is 25.7 Å². The summed E-state index contributed by atoms with van der Waals surface area (Å²) in [5, 5.41) is 8.48. The zero-order chi connectivity index (χ0) is 7.98. The number of carboxylic acid groups (broad SMARTS) is 1. The van der Waals surface area contributed by atoms with E-state index in [2.05, 4.69) is 6.92 Å². The Balaban J connectivity index is -0.000000405. The third-order valence-electron chi connectivity index (χ3n) is 1.66. The first-order chi connectivity index (χ1) is 4.68. The van der Waals surface area contributed by atoms with Crippen LogP contribution in [-0.2, 0) is 4.79 Å². The summed E-state index contributed by atoms with van der Waals surface area (Å²) < 4.78 is 0. The molecule has 0 aromatic carbocycles. The number of rotatable bonds is 5. The van der Waals surface area contributed by atoms with Gasteiger partial charge in [-0.1, -0.05) is 33.1 Å². The van der Waals surface area contributed by atoms with Crippen LogP contribution in [-0.4, -0.2) is 70.2 Å². The molecule has 1 atom stereocenters. The Morgan fingerprint density at radius 2 is 1.83 bits per heavy atom. The molecular formula is C8H18Na2O2. The molecule has 0 saturated carbocycles. The second-order valence-corrected chi connectivity index (χ2v) is 2.74. The summed E-state index contributed by atoms with van der Waals surface area (Å²) in [7, 11) is 0. The van der Waals surface area contributed by atoms with Crippen molar-refractivity contribution >= 4 is 65.1 Å². The minimum absolute atomic E-state index is 0. The maximum atomic E-state index is 10.3. The molecule has 0 bridgehead atoms. The summed E-state index contributed by atoms with van der Waals surface area (Å²) in [6, 6.07) is 0. The van der Waals surface area contributed by atoms with Crippen LogP contribution in [0.2, 0.25) is 0 Å². The summed E-state index contributed by atoms with van der Waals surface area (Å²) >= 11 is 0. The molecule has 1 unspecified atom stereocenters. The molecule has 0 radical (unpaired) electrons. The standard InChI is InChI=1S/C8H16O2.2Na.2H/c1-3-4-5-6-7(2)8(9)10;;;;/h7H,3-6H2,1-2H3,(H,9,10);;;;. The molecular weight excluding hydrogens is 174 g/mol. The Hall–Kier alpha value is 1.47. The van der Waals surface area contributed by atoms with Gasteiger partial charge in [0.2, 0.25) is 0 Å². The summed E-state index contributed by atoms with van der Waals surface area (Å²) in [6.45, 7) is 3.88. The van der Waals surface area contributed by atoms with E-state index in [4.69, 9.17) is 5.11 Å². The van der Waals surface area contributed by atoms with Gasteiger partial charge in [-0.2, -0.15) is 0 Å². The van der Waals surface area contributed by atoms with E-state index >= 15 is 0 Å². The van der Waals surface area contributed by atoms with Crippen molar-refractivity contribution in [3.05, 3.63) is 0 Å². The normalized spacial score (nSPS) is 10.8. The predicted molar refractivity (Wildman–Crippen MR) is 55.2 cm³/mol. The van der Waals surface area contributed by atoms with E-state index in [1.807, 2.05) is 0 Å². The molecule has 0 aromatic rings. The molecule has 0 aliphatic rings. The molecule has 1 N–H and O–H groups in total. The number of aliphatic carboxylic acids is 1. The van der Waals surface area contributed by atoms with Gasteiger partial charge in [-0.05, 0) is 6.42 Å². The molecule has 0 spiro atoms. The molecule has 0 fully saturated rings. The van der Waals surface area contributed by atoms with Crippen molar-refractivity contribution in [1.29, 1.82) is 0 Å². The Bertz CT molecular complexity index is 107. The fraction of sp³-hybridized carbons (Fsp3) is 0.875. The number of unbranched alkanes of at least 4 members (excludes halogenated alkanes) is 2. The Morgan fingerprint density at radius 3 is 2.17 bits per heavy atom. The van der Waals surface area contributed by atoms with Gasteiger partial charge in [0.25, 0.3) is 0 Å². The van der Waals surface area contributed by atoms with E-state index in [0.29, 0.717) is 0 Å². The molecule has 0 heterocycles. The third-order valence-corrected chi connectivity index (χ3v) is 1.66. The van der Waals surface area contributed by atoms with Crippen molar-refractivity contribution in [2.24, 2.45) is 5.92 Å². The molecule has 64 valence electrons. The third kappa shape index (κ3) is 11.5. The number of carbonyl (C=O) groups is 1. The summed E-state index contributed by atoms with van der Waals surface area (Å²) in [6.07, 6.45) is 4.18. The Kier molecular flexibility index (Phi) is 19.9. The van der Waals surface area contributed by atoms with Crippen LogP contribution in [0.5, 0.6) is 0 Å². The number of carboxylic acids is 1. The molecule has 0 saturated heterocycles. The van der Waals surface area contributed by atoms with Crippen LogP contribution in [0.15, 0.2) is 0 Å². The predicted octanol–water partition coefficient (Wildman–Crippen LogP) is 0.990. The van der Waals surface area contributed by atoms with Crippen molar-refractivity contribution in [2.75, 3.05) is 0 Å². The van der Waals surface area contributed by atoms with Gasteiger partial charge in [0, 0.05) is 0 Å². The van der Waals surface area contributed by atoms with E-state index < -0.39 is 5.97 Å². The molecule has 0 amide bonds. The fourth-order valence-electron chi connectivity index (χ4n) is 0.824. The van der Waals surface area contributed by atoms with Gasteiger partial charge in [-0.15, -0.1) is 0 Å². The summed E-state index contributed by atoms with van der Waals surface area (Å²) in [4.78, 5) is 10.3. The van der Waals surface area contributed by atoms with Gasteiger partial charge in [0.05, 0.1) is 5.92 Å². The summed E-state index contributed by atoms with van der Waals surface area (Å²) in [5.74, 6) is -0.831. The monoisotopic (exact) mass is 192 g/mol. The van der Waals surface area contributed by atoms with Crippen molar-refractivity contribution < 1.29 is 9.90 Å². The topological polar surface area (TPSA) is 37.3 Å². The SMILES string of the molecule is CCCCCC(C)C(=O)O.[NaH].[NaH]. The minimum atomic E-state index is -0.670. The average Bonchev–Trinajstić information content (AvgIpc) is 1.88. The molecule has 0 aromatic heterocycles. The van der Waals surface area contributed by atoms with Gasteiger partial charge < -0.3 is 5.11 Å². The Morgan fingerprint density at radius 1 is 1.33 bits per heavy atom. The van der Waals surface area contributed by atoms with Crippen LogP contribution in [0.25, 0.3) is 0 Å². The van der Waals surface area contributed by atoms with Gasteiger partial charge in [0.15, 0.2) is 0 Å². The fourth-order valence-corrected chi connectivity index (χ4v) is 0.824. The first kappa shape index (κ1) is 19.1. The first-order valence-electron chi connectivity index (χ1n) is 3.91. The van der Waals surface area contributed by atoms with Crippen molar-refractivity contribution in [1.82, 2.24) is 0 Å². The van der Waals surface area contributed by atoms with E-state index in [1.165, 1.54) is 0 Å². The van der Waals surface area contributed by atoms with Gasteiger partial charge in [-0.3, -0.25) is 4.79 Å². The number of hydrogen-bond acceptors (Lipinski definition) is 1. The van der Waals surface area contributed by atoms with E-state index in [9.17, 15) is 4.79 Å². The van der Waals surface area contributed by atoms with Crippen molar-refractivity contribution in [3.63, 3.8) is 0 Å². The van der Waals surface area contributed by atoms with Crippen LogP contribution < -0.4 is 0 Å². The van der Waals surface area contributed by atoms with Crippen molar-refractivity contribution in [3.8, 4) is 0 Å². The molecule has 4 heteroatoms. The second-order valence-electron chi connectivity index (χ2n) is 2.74. The van der Waals surface area contributed by atoms with Gasteiger partial charge >= 0.3 is 65.1 Å². The molecule has 0 aliphatic heterocycles. The Labute approximate surface area is 119 Å². The zero-order valence-corrected chi connectivity index (χ0v) is 6.76. The first-order valence-corrected chi connectivity index (χ1v) is 3.91. The van der Waals surface area contributed by atoms with Crippen LogP contribution in [0.1, 0.15) is 39.5 Å². The van der Waals surface area contributed by atoms with Crippen LogP contribution in [0.4, 0.5) is 0 Å². The number of hydrogen-bond donors (Lipinski definition) is 1. The molecule has 0 rings (SSSR count). The molecule has 0 aliphatic carbocycles. The maximum absolute atomic E-state index is 10.3. The van der Waals surface area contributed by atoms with Crippen molar-refractivity contribution in [2.45, 2.75) is 39.5 Å². The van der Waals surface area contributed by atoms with E-state index in [-0.39, 0.29) is 65.0 Å². The van der Waals surface area contributed by atoms with E-state index in [1.54, 1.807) is 6.92 Å². The van der Waals surface area contributed by atoms with Crippen LogP contribution >= 0.6 is 0 Å². The van der Waals surface area contributed by atoms with Gasteiger partial charge in [0.1, 0.15) is 0 Å². The van der Waals surface area contributed by atoms with Gasteiger partial charge in [-0.25, -0.2) is 0 Å². The second kappa shape index (κ2) is 12.5.